The van der Waals surface area contributed by atoms with Crippen LogP contribution in [0.5, 0.6) is 0 Å². The van der Waals surface area contributed by atoms with E-state index >= 15 is 0 Å². The molecule has 7 nitrogen and oxygen atoms in total. The summed E-state index contributed by atoms with van der Waals surface area (Å²) in [6.07, 6.45) is 13.9. The Morgan fingerprint density at radius 1 is 0.806 bits per heavy atom. The Labute approximate surface area is 211 Å². The summed E-state index contributed by atoms with van der Waals surface area (Å²) in [4.78, 5) is 23.0. The monoisotopic (exact) mass is 472 g/mol. The summed E-state index contributed by atoms with van der Waals surface area (Å²) in [7, 11) is -4.87. The van der Waals surface area contributed by atoms with E-state index in [0.29, 0.717) is 12.8 Å². The normalized spacial score (nSPS) is 13.3. The summed E-state index contributed by atoms with van der Waals surface area (Å²) in [5, 5.41) is 8.63. The van der Waals surface area contributed by atoms with Crippen LogP contribution in [0.25, 0.3) is 0 Å². The van der Waals surface area contributed by atoms with Crippen molar-refractivity contribution in [3.05, 3.63) is 0 Å². The zero-order valence-corrected chi connectivity index (χ0v) is 22.6. The van der Waals surface area contributed by atoms with Crippen molar-refractivity contribution in [3.63, 3.8) is 0 Å². The maximum Gasteiger partial charge on any atom is 1.00 e. The Kier molecular flexibility index (Phi) is 21.8. The second kappa shape index (κ2) is 20.5. The molecule has 0 spiro atoms. The van der Waals surface area contributed by atoms with Gasteiger partial charge in [-0.05, 0) is 25.7 Å². The summed E-state index contributed by atoms with van der Waals surface area (Å²) in [6, 6.07) is 0. The fraction of sp³-hybridized carbons (Fsp3) is 0.909. The smallest absolute Gasteiger partial charge is 0.550 e. The Morgan fingerprint density at radius 3 is 1.55 bits per heavy atom. The largest absolute Gasteiger partial charge is 1.00 e. The Hall–Kier alpha value is -0.150. The van der Waals surface area contributed by atoms with E-state index < -0.39 is 39.8 Å². The molecule has 0 bridgehead atoms. The molecular weight excluding hydrogens is 431 g/mol. The molecule has 0 aromatic rings. The number of esters is 1. The number of ether oxygens (including phenoxy) is 1. The van der Waals surface area contributed by atoms with Gasteiger partial charge in [-0.15, -0.1) is 0 Å². The average Bonchev–Trinajstić information content (AvgIpc) is 2.66. The van der Waals surface area contributed by atoms with Crippen molar-refractivity contribution >= 4 is 22.1 Å². The molecule has 0 heterocycles. The van der Waals surface area contributed by atoms with Crippen LogP contribution in [-0.4, -0.2) is 36.3 Å². The Balaban J connectivity index is 0. The third kappa shape index (κ3) is 19.1. The topological polar surface area (TPSA) is 121 Å². The van der Waals surface area contributed by atoms with Crippen LogP contribution in [0, 0.1) is 0 Å². The van der Waals surface area contributed by atoms with Crippen LogP contribution in [0.2, 0.25) is 0 Å². The number of carboxylic acids is 1. The van der Waals surface area contributed by atoms with Crippen LogP contribution in [0.3, 0.4) is 0 Å². The second-order valence-electron chi connectivity index (χ2n) is 8.11. The van der Waals surface area contributed by atoms with Crippen molar-refractivity contribution < 1.29 is 62.0 Å². The van der Waals surface area contributed by atoms with Gasteiger partial charge in [-0.25, -0.2) is 0 Å². The molecule has 0 aliphatic rings. The summed E-state index contributed by atoms with van der Waals surface area (Å²) in [5.74, 6) is -2.94. The minimum atomic E-state index is -4.87. The van der Waals surface area contributed by atoms with E-state index in [0.717, 1.165) is 51.4 Å². The number of hydrogen-bond acceptors (Lipinski definition) is 6. The summed E-state index contributed by atoms with van der Waals surface area (Å²) >= 11 is 0. The first-order valence-electron chi connectivity index (χ1n) is 11.6. The fourth-order valence-corrected chi connectivity index (χ4v) is 4.09. The number of rotatable bonds is 20. The molecule has 0 fully saturated rings. The molecule has 178 valence electrons. The zero-order chi connectivity index (χ0) is 22.8. The number of carbonyl (C=O) groups is 2. The molecule has 1 N–H and O–H groups in total. The quantitative estimate of drug-likeness (QED) is 0.122. The van der Waals surface area contributed by atoms with E-state index in [4.69, 9.17) is 4.74 Å². The first-order valence-corrected chi connectivity index (χ1v) is 13.1. The third-order valence-electron chi connectivity index (χ3n) is 5.27. The van der Waals surface area contributed by atoms with Crippen LogP contribution < -0.4 is 34.7 Å². The van der Waals surface area contributed by atoms with E-state index in [2.05, 4.69) is 13.8 Å². The van der Waals surface area contributed by atoms with E-state index in [1.54, 1.807) is 0 Å². The van der Waals surface area contributed by atoms with Crippen molar-refractivity contribution in [2.45, 2.75) is 128 Å². The van der Waals surface area contributed by atoms with Gasteiger partial charge >= 0.3 is 35.5 Å². The number of aliphatic carboxylic acids is 1. The maximum absolute atomic E-state index is 12.3. The number of carbonyl (C=O) groups excluding carboxylic acids is 2. The Morgan fingerprint density at radius 2 is 1.19 bits per heavy atom. The molecule has 9 heteroatoms. The van der Waals surface area contributed by atoms with E-state index in [1.165, 1.54) is 32.1 Å². The van der Waals surface area contributed by atoms with Crippen LogP contribution >= 0.6 is 0 Å². The molecule has 2 unspecified atom stereocenters. The average molecular weight is 473 g/mol. The van der Waals surface area contributed by atoms with Crippen molar-refractivity contribution in [1.29, 1.82) is 0 Å². The molecule has 0 aliphatic carbocycles. The van der Waals surface area contributed by atoms with Gasteiger partial charge in [0, 0.05) is 12.4 Å². The Bertz CT molecular complexity index is 566. The molecule has 0 rings (SSSR count). The number of hydrogen-bond donors (Lipinski definition) is 1. The van der Waals surface area contributed by atoms with Gasteiger partial charge in [-0.2, -0.15) is 8.42 Å². The predicted octanol–water partition coefficient (Wildman–Crippen LogP) is 1.19. The SMILES string of the molecule is CCCCCCCCCC(CCCCCCCC)OC(=O)C(CC(=O)[O-])S(=O)(=O)O.[Na+]. The molecule has 0 radical (unpaired) electrons. The van der Waals surface area contributed by atoms with Crippen LogP contribution in [0.1, 0.15) is 117 Å². The summed E-state index contributed by atoms with van der Waals surface area (Å²) in [5.41, 5.74) is 0. The van der Waals surface area contributed by atoms with Crippen molar-refractivity contribution in [2.24, 2.45) is 0 Å². The molecule has 0 saturated carbocycles. The molecular formula is C22H41NaO7S. The molecule has 0 amide bonds. The van der Waals surface area contributed by atoms with Gasteiger partial charge in [0.05, 0.1) is 0 Å². The van der Waals surface area contributed by atoms with Gasteiger partial charge in [0.15, 0.2) is 5.25 Å². The minimum Gasteiger partial charge on any atom is -0.550 e. The molecule has 0 saturated heterocycles. The van der Waals surface area contributed by atoms with Crippen molar-refractivity contribution in [3.8, 4) is 0 Å². The molecule has 0 aromatic carbocycles. The van der Waals surface area contributed by atoms with Crippen LogP contribution in [0.15, 0.2) is 0 Å². The van der Waals surface area contributed by atoms with Gasteiger partial charge in [-0.1, -0.05) is 84.5 Å². The first kappa shape index (κ1) is 33.0. The fourth-order valence-electron chi connectivity index (χ4n) is 3.45. The number of carboxylic acid groups (broad SMARTS) is 1. The van der Waals surface area contributed by atoms with E-state index in [9.17, 15) is 27.7 Å². The van der Waals surface area contributed by atoms with E-state index in [1.807, 2.05) is 0 Å². The van der Waals surface area contributed by atoms with Gasteiger partial charge < -0.3 is 14.6 Å². The predicted molar refractivity (Wildman–Crippen MR) is 115 cm³/mol. The van der Waals surface area contributed by atoms with Crippen LogP contribution in [-0.2, 0) is 24.4 Å². The zero-order valence-electron chi connectivity index (χ0n) is 19.8. The van der Waals surface area contributed by atoms with Crippen molar-refractivity contribution in [1.82, 2.24) is 0 Å². The summed E-state index contributed by atoms with van der Waals surface area (Å²) < 4.78 is 37.3. The minimum absolute atomic E-state index is 0. The van der Waals surface area contributed by atoms with Gasteiger partial charge in [0.1, 0.15) is 6.10 Å². The molecule has 0 aromatic heterocycles. The van der Waals surface area contributed by atoms with Gasteiger partial charge in [0.25, 0.3) is 10.1 Å². The standard InChI is InChI=1S/C22H42O7S.Na/c1-3-5-7-9-11-13-15-17-19(16-14-12-10-8-6-4-2)29-22(25)20(18-21(23)24)30(26,27)28;/h19-20H,3-18H2,1-2H3,(H,23,24)(H,26,27,28);/q;+1/p-1. The van der Waals surface area contributed by atoms with Crippen LogP contribution in [0.4, 0.5) is 0 Å². The van der Waals surface area contributed by atoms with Gasteiger partial charge in [0.2, 0.25) is 0 Å². The summed E-state index contributed by atoms with van der Waals surface area (Å²) in [6.45, 7) is 4.32. The van der Waals surface area contributed by atoms with Crippen molar-refractivity contribution in [2.75, 3.05) is 0 Å². The maximum atomic E-state index is 12.3. The molecule has 31 heavy (non-hydrogen) atoms. The molecule has 2 atom stereocenters. The second-order valence-corrected chi connectivity index (χ2v) is 9.70. The third-order valence-corrected chi connectivity index (χ3v) is 6.34. The molecule has 0 aliphatic heterocycles. The van der Waals surface area contributed by atoms with E-state index in [-0.39, 0.29) is 29.6 Å². The first-order chi connectivity index (χ1) is 14.2. The van der Waals surface area contributed by atoms with Gasteiger partial charge in [-0.3, -0.25) is 9.35 Å². The number of unbranched alkanes of at least 4 members (excludes halogenated alkanes) is 11.